The first-order valence-electron chi connectivity index (χ1n) is 21.1. The lowest BCUT2D eigenvalue weighted by Crippen LogP contribution is -2.03. The van der Waals surface area contributed by atoms with Gasteiger partial charge in [0.25, 0.3) is 0 Å². The predicted molar refractivity (Wildman–Crippen MR) is 260 cm³/mol. The van der Waals surface area contributed by atoms with Crippen LogP contribution in [0.5, 0.6) is 0 Å². The van der Waals surface area contributed by atoms with Crippen molar-refractivity contribution in [3.63, 3.8) is 0 Å². The van der Waals surface area contributed by atoms with E-state index >= 15 is 0 Å². The highest BCUT2D eigenvalue weighted by atomic mass is 15.2. The average molecular weight is 789 g/mol. The third-order valence-electron chi connectivity index (χ3n) is 12.7. The van der Waals surface area contributed by atoms with E-state index in [0.717, 1.165) is 55.4 Å². The average Bonchev–Trinajstić information content (AvgIpc) is 3.84. The number of fused-ring (bicyclic) bond motifs is 9. The topological polar surface area (TPSA) is 35.6 Å². The molecule has 0 spiro atoms. The van der Waals surface area contributed by atoms with Gasteiger partial charge in [-0.15, -0.1) is 0 Å². The van der Waals surface area contributed by atoms with Crippen molar-refractivity contribution in [1.82, 2.24) is 19.1 Å². The summed E-state index contributed by atoms with van der Waals surface area (Å²) in [5.74, 6) is 0.647. The van der Waals surface area contributed by atoms with Crippen LogP contribution >= 0.6 is 0 Å². The molecule has 13 rings (SSSR count). The molecule has 0 N–H and O–H groups in total. The molecular weight excluding hydrogens is 753 g/mol. The Morgan fingerprint density at radius 1 is 0.274 bits per heavy atom. The van der Waals surface area contributed by atoms with Crippen molar-refractivity contribution in [3.05, 3.63) is 218 Å². The lowest BCUT2D eigenvalue weighted by atomic mass is 10.0. The Morgan fingerprint density at radius 3 is 1.58 bits per heavy atom. The van der Waals surface area contributed by atoms with Crippen LogP contribution in [0.4, 0.5) is 0 Å². The van der Waals surface area contributed by atoms with Crippen molar-refractivity contribution in [1.29, 1.82) is 0 Å². The first kappa shape index (κ1) is 34.5. The number of hydrogen-bond donors (Lipinski definition) is 0. The molecular formula is C58H36N4. The number of hydrogen-bond acceptors (Lipinski definition) is 2. The number of nitrogens with zero attached hydrogens (tertiary/aromatic N) is 4. The van der Waals surface area contributed by atoms with Gasteiger partial charge in [0.15, 0.2) is 0 Å². The van der Waals surface area contributed by atoms with Gasteiger partial charge in [0.05, 0.1) is 33.3 Å². The minimum Gasteiger partial charge on any atom is -0.309 e. The van der Waals surface area contributed by atoms with E-state index in [1.807, 2.05) is 0 Å². The standard InChI is InChI=1S/C58H36N4/c1-2-12-37(13-3-1)39-24-28-46(29-25-39)61-53-21-11-9-18-47(53)48-30-26-43(35-54(48)61)44-27-31-49-51-33-41-16-6-7-17-42(41)34-56(51)62(55(49)36-44)58-59-52-20-10-8-19-50(52)57(60-58)45-23-22-38-14-4-5-15-40(38)32-45/h1-36H. The van der Waals surface area contributed by atoms with Gasteiger partial charge >= 0.3 is 0 Å². The van der Waals surface area contributed by atoms with E-state index in [1.54, 1.807) is 0 Å². The fourth-order valence-corrected chi connectivity index (χ4v) is 9.68. The molecule has 0 aliphatic heterocycles. The molecule has 0 saturated heterocycles. The van der Waals surface area contributed by atoms with Crippen molar-refractivity contribution in [2.24, 2.45) is 0 Å². The Bertz CT molecular complexity index is 3910. The van der Waals surface area contributed by atoms with Gasteiger partial charge in [-0.1, -0.05) is 164 Å². The molecule has 4 heteroatoms. The minimum atomic E-state index is 0.647. The Balaban J connectivity index is 1.03. The Morgan fingerprint density at radius 2 is 0.806 bits per heavy atom. The second kappa shape index (κ2) is 13.6. The van der Waals surface area contributed by atoms with E-state index in [9.17, 15) is 0 Å². The molecule has 0 amide bonds. The molecule has 62 heavy (non-hydrogen) atoms. The summed E-state index contributed by atoms with van der Waals surface area (Å²) in [5, 5.41) is 10.6. The number of rotatable bonds is 5. The third-order valence-corrected chi connectivity index (χ3v) is 12.7. The van der Waals surface area contributed by atoms with Gasteiger partial charge in [-0.05, 0) is 98.4 Å². The highest BCUT2D eigenvalue weighted by Gasteiger charge is 2.20. The molecule has 0 aliphatic carbocycles. The third kappa shape index (κ3) is 5.40. The summed E-state index contributed by atoms with van der Waals surface area (Å²) in [6, 6.07) is 78.8. The van der Waals surface area contributed by atoms with Crippen LogP contribution in [0.25, 0.3) is 121 Å². The molecule has 3 heterocycles. The normalized spacial score (nSPS) is 11.9. The van der Waals surface area contributed by atoms with E-state index < -0.39 is 0 Å². The summed E-state index contributed by atoms with van der Waals surface area (Å²) in [6.45, 7) is 0. The van der Waals surface area contributed by atoms with Gasteiger partial charge in [-0.3, -0.25) is 4.57 Å². The van der Waals surface area contributed by atoms with Crippen LogP contribution in [0.1, 0.15) is 0 Å². The van der Waals surface area contributed by atoms with Gasteiger partial charge in [0.1, 0.15) is 0 Å². The largest absolute Gasteiger partial charge is 0.309 e. The van der Waals surface area contributed by atoms with Crippen LogP contribution in [-0.2, 0) is 0 Å². The molecule has 0 aliphatic rings. The monoisotopic (exact) mass is 788 g/mol. The molecule has 4 nitrogen and oxygen atoms in total. The summed E-state index contributed by atoms with van der Waals surface area (Å²) in [4.78, 5) is 10.8. The molecule has 288 valence electrons. The summed E-state index contributed by atoms with van der Waals surface area (Å²) in [7, 11) is 0. The minimum absolute atomic E-state index is 0.647. The first-order chi connectivity index (χ1) is 30.7. The number of para-hydroxylation sites is 2. The highest BCUT2D eigenvalue weighted by Crippen LogP contribution is 2.40. The fraction of sp³-hybridized carbons (Fsp3) is 0. The van der Waals surface area contributed by atoms with Gasteiger partial charge in [-0.25, -0.2) is 9.97 Å². The van der Waals surface area contributed by atoms with Crippen molar-refractivity contribution in [2.75, 3.05) is 0 Å². The maximum absolute atomic E-state index is 5.49. The van der Waals surface area contributed by atoms with Gasteiger partial charge in [-0.2, -0.15) is 0 Å². The molecule has 0 bridgehead atoms. The second-order valence-electron chi connectivity index (χ2n) is 16.2. The Labute approximate surface area is 357 Å². The predicted octanol–water partition coefficient (Wildman–Crippen LogP) is 15.1. The lowest BCUT2D eigenvalue weighted by Gasteiger charge is -2.13. The van der Waals surface area contributed by atoms with Gasteiger partial charge in [0.2, 0.25) is 5.95 Å². The van der Waals surface area contributed by atoms with Crippen molar-refractivity contribution < 1.29 is 0 Å². The maximum atomic E-state index is 5.49. The van der Waals surface area contributed by atoms with E-state index in [0.29, 0.717) is 5.95 Å². The van der Waals surface area contributed by atoms with Gasteiger partial charge < -0.3 is 4.57 Å². The van der Waals surface area contributed by atoms with Crippen LogP contribution in [0.3, 0.4) is 0 Å². The Kier molecular flexibility index (Phi) is 7.57. The molecule has 10 aromatic carbocycles. The molecule has 0 unspecified atom stereocenters. The second-order valence-corrected chi connectivity index (χ2v) is 16.2. The van der Waals surface area contributed by atoms with E-state index in [4.69, 9.17) is 9.97 Å². The van der Waals surface area contributed by atoms with Crippen molar-refractivity contribution in [3.8, 4) is 45.1 Å². The zero-order valence-corrected chi connectivity index (χ0v) is 33.6. The van der Waals surface area contributed by atoms with Crippen LogP contribution in [-0.4, -0.2) is 19.1 Å². The quantitative estimate of drug-likeness (QED) is 0.174. The van der Waals surface area contributed by atoms with E-state index in [-0.39, 0.29) is 0 Å². The van der Waals surface area contributed by atoms with E-state index in [1.165, 1.54) is 59.9 Å². The van der Waals surface area contributed by atoms with Crippen LogP contribution in [0, 0.1) is 0 Å². The summed E-state index contributed by atoms with van der Waals surface area (Å²) >= 11 is 0. The Hall–Kier alpha value is -8.34. The molecule has 0 fully saturated rings. The smallest absolute Gasteiger partial charge is 0.235 e. The molecule has 0 saturated carbocycles. The van der Waals surface area contributed by atoms with Crippen molar-refractivity contribution in [2.45, 2.75) is 0 Å². The van der Waals surface area contributed by atoms with Crippen molar-refractivity contribution >= 4 is 76.1 Å². The van der Waals surface area contributed by atoms with Gasteiger partial charge in [0, 0.05) is 38.2 Å². The molecule has 13 aromatic rings. The van der Waals surface area contributed by atoms with Crippen LogP contribution in [0.2, 0.25) is 0 Å². The maximum Gasteiger partial charge on any atom is 0.235 e. The number of aromatic nitrogens is 4. The molecule has 0 radical (unpaired) electrons. The zero-order chi connectivity index (χ0) is 40.7. The van der Waals surface area contributed by atoms with E-state index in [2.05, 4.69) is 228 Å². The fourth-order valence-electron chi connectivity index (χ4n) is 9.68. The summed E-state index contributed by atoms with van der Waals surface area (Å²) < 4.78 is 4.68. The lowest BCUT2D eigenvalue weighted by molar-refractivity contribution is 1.01. The molecule has 0 atom stereocenters. The SMILES string of the molecule is c1ccc(-c2ccc(-n3c4ccccc4c4ccc(-c5ccc6c7cc8ccccc8cc7n(-c7nc(-c8ccc9ccccc9c8)c8ccccc8n7)c6c5)cc43)cc2)cc1. The highest BCUT2D eigenvalue weighted by molar-refractivity contribution is 6.15. The van der Waals surface area contributed by atoms with Crippen LogP contribution in [0.15, 0.2) is 218 Å². The first-order valence-corrected chi connectivity index (χ1v) is 21.1. The molecule has 3 aromatic heterocycles. The summed E-state index contributed by atoms with van der Waals surface area (Å²) in [6.07, 6.45) is 0. The zero-order valence-electron chi connectivity index (χ0n) is 33.6. The van der Waals surface area contributed by atoms with Crippen LogP contribution < -0.4 is 0 Å². The summed E-state index contributed by atoms with van der Waals surface area (Å²) in [5.41, 5.74) is 13.2. The number of benzene rings is 10.